The summed E-state index contributed by atoms with van der Waals surface area (Å²) in [7, 11) is 3.34. The number of allylic oxidation sites excluding steroid dienone is 1. The molecule has 0 spiro atoms. The number of nitrogens with zero attached hydrogens (tertiary/aromatic N) is 1. The van der Waals surface area contributed by atoms with Crippen molar-refractivity contribution in [2.24, 2.45) is 11.8 Å². The minimum absolute atomic E-state index is 0.249. The van der Waals surface area contributed by atoms with E-state index in [0.717, 1.165) is 37.4 Å². The molecule has 0 radical (unpaired) electrons. The van der Waals surface area contributed by atoms with Crippen molar-refractivity contribution >= 4 is 0 Å². The quantitative estimate of drug-likeness (QED) is 0.830. The summed E-state index contributed by atoms with van der Waals surface area (Å²) in [6.07, 6.45) is 8.90. The number of piperidine rings is 1. The van der Waals surface area contributed by atoms with E-state index in [0.29, 0.717) is 17.7 Å². The fourth-order valence-corrected chi connectivity index (χ4v) is 4.78. The summed E-state index contributed by atoms with van der Waals surface area (Å²) in [5, 5.41) is 2.32. The van der Waals surface area contributed by atoms with E-state index < -0.39 is 5.60 Å². The van der Waals surface area contributed by atoms with Crippen LogP contribution in [0.3, 0.4) is 0 Å². The lowest BCUT2D eigenvalue weighted by Gasteiger charge is -2.43. The lowest BCUT2D eigenvalue weighted by atomic mass is 9.83. The molecule has 1 heterocycles. The summed E-state index contributed by atoms with van der Waals surface area (Å²) in [6.45, 7) is 1.76. The van der Waals surface area contributed by atoms with Crippen LogP contribution in [0.4, 0.5) is 4.39 Å². The summed E-state index contributed by atoms with van der Waals surface area (Å²) in [6, 6.07) is 5.25. The van der Waals surface area contributed by atoms with Gasteiger partial charge in [-0.25, -0.2) is 9.40 Å². The van der Waals surface area contributed by atoms with Gasteiger partial charge in [0.15, 0.2) is 0 Å². The highest BCUT2D eigenvalue weighted by Gasteiger charge is 2.41. The summed E-state index contributed by atoms with van der Waals surface area (Å²) in [5.41, 5.74) is 4.06. The van der Waals surface area contributed by atoms with Crippen molar-refractivity contribution in [1.82, 2.24) is 10.4 Å². The molecule has 0 unspecified atom stereocenters. The number of fused-ring (bicyclic) bond motifs is 2. The molecule has 1 saturated carbocycles. The van der Waals surface area contributed by atoms with Crippen molar-refractivity contribution in [3.63, 3.8) is 0 Å². The van der Waals surface area contributed by atoms with E-state index in [9.17, 15) is 4.39 Å². The van der Waals surface area contributed by atoms with Gasteiger partial charge in [-0.2, -0.15) is 0 Å². The molecule has 3 atom stereocenters. The van der Waals surface area contributed by atoms with Crippen molar-refractivity contribution in [3.05, 3.63) is 41.7 Å². The molecule has 3 aliphatic rings. The maximum atomic E-state index is 13.8. The van der Waals surface area contributed by atoms with Crippen molar-refractivity contribution in [2.75, 3.05) is 27.3 Å². The topological polar surface area (TPSA) is 33.7 Å². The van der Waals surface area contributed by atoms with Crippen molar-refractivity contribution in [1.29, 1.82) is 0 Å². The molecular formula is C20H27FN2O2. The highest BCUT2D eigenvalue weighted by molar-refractivity contribution is 5.39. The molecule has 1 aliphatic heterocycles. The zero-order valence-electron chi connectivity index (χ0n) is 15.0. The fourth-order valence-electron chi connectivity index (χ4n) is 4.78. The molecule has 0 amide bonds. The second-order valence-corrected chi connectivity index (χ2v) is 7.55. The SMILES string of the molecule is COc1ccc(F)cc1C1(OC)CCN(N[C@@H]2C[C@H]3C=C[C@H]2C3)CC1. The van der Waals surface area contributed by atoms with E-state index in [2.05, 4.69) is 22.6 Å². The van der Waals surface area contributed by atoms with Gasteiger partial charge in [0.1, 0.15) is 11.6 Å². The van der Waals surface area contributed by atoms with Gasteiger partial charge in [-0.1, -0.05) is 12.2 Å². The molecule has 1 N–H and O–H groups in total. The first-order chi connectivity index (χ1) is 12.1. The van der Waals surface area contributed by atoms with Gasteiger partial charge in [0, 0.05) is 31.8 Å². The van der Waals surface area contributed by atoms with Crippen LogP contribution in [0.25, 0.3) is 0 Å². The van der Waals surface area contributed by atoms with Gasteiger partial charge in [-0.15, -0.1) is 0 Å². The zero-order chi connectivity index (χ0) is 17.4. The number of benzene rings is 1. The van der Waals surface area contributed by atoms with Crippen LogP contribution in [-0.4, -0.2) is 38.4 Å². The van der Waals surface area contributed by atoms with Crippen LogP contribution in [0.15, 0.2) is 30.4 Å². The average Bonchev–Trinajstić information content (AvgIpc) is 3.26. The molecule has 2 fully saturated rings. The monoisotopic (exact) mass is 346 g/mol. The summed E-state index contributed by atoms with van der Waals surface area (Å²) < 4.78 is 25.2. The number of hydrogen-bond donors (Lipinski definition) is 1. The first-order valence-electron chi connectivity index (χ1n) is 9.22. The summed E-state index contributed by atoms with van der Waals surface area (Å²) in [5.74, 6) is 1.90. The van der Waals surface area contributed by atoms with Crippen LogP contribution in [0.5, 0.6) is 5.75 Å². The number of hydrazine groups is 1. The number of hydrogen-bond acceptors (Lipinski definition) is 4. The molecule has 1 saturated heterocycles. The second-order valence-electron chi connectivity index (χ2n) is 7.55. The second kappa shape index (κ2) is 6.71. The third-order valence-electron chi connectivity index (χ3n) is 6.24. The van der Waals surface area contributed by atoms with Crippen LogP contribution < -0.4 is 10.2 Å². The predicted molar refractivity (Wildman–Crippen MR) is 94.7 cm³/mol. The lowest BCUT2D eigenvalue weighted by molar-refractivity contribution is -0.0758. The molecule has 2 bridgehead atoms. The molecule has 2 aliphatic carbocycles. The number of methoxy groups -OCH3 is 2. The minimum Gasteiger partial charge on any atom is -0.496 e. The Balaban J connectivity index is 1.45. The van der Waals surface area contributed by atoms with E-state index in [-0.39, 0.29) is 5.82 Å². The van der Waals surface area contributed by atoms with E-state index >= 15 is 0 Å². The maximum absolute atomic E-state index is 13.8. The van der Waals surface area contributed by atoms with Gasteiger partial charge >= 0.3 is 0 Å². The highest BCUT2D eigenvalue weighted by atomic mass is 19.1. The molecule has 1 aromatic rings. The minimum atomic E-state index is -0.486. The Morgan fingerprint density at radius 1 is 1.16 bits per heavy atom. The zero-order valence-corrected chi connectivity index (χ0v) is 15.0. The van der Waals surface area contributed by atoms with Crippen molar-refractivity contribution in [2.45, 2.75) is 37.3 Å². The third kappa shape index (κ3) is 3.09. The van der Waals surface area contributed by atoms with Crippen molar-refractivity contribution < 1.29 is 13.9 Å². The van der Waals surface area contributed by atoms with Gasteiger partial charge in [-0.05, 0) is 55.7 Å². The van der Waals surface area contributed by atoms with E-state index in [1.807, 2.05) is 0 Å². The van der Waals surface area contributed by atoms with Gasteiger partial charge in [0.05, 0.1) is 12.7 Å². The van der Waals surface area contributed by atoms with Gasteiger partial charge in [0.2, 0.25) is 0 Å². The number of nitrogens with one attached hydrogen (secondary N) is 1. The van der Waals surface area contributed by atoms with Gasteiger partial charge in [-0.3, -0.25) is 5.43 Å². The number of rotatable bonds is 5. The molecule has 0 aromatic heterocycles. The summed E-state index contributed by atoms with van der Waals surface area (Å²) >= 11 is 0. The molecule has 4 rings (SSSR count). The Bertz CT molecular complexity index is 655. The molecule has 1 aromatic carbocycles. The third-order valence-corrected chi connectivity index (χ3v) is 6.24. The molecule has 5 heteroatoms. The fraction of sp³-hybridized carbons (Fsp3) is 0.600. The Morgan fingerprint density at radius 2 is 1.96 bits per heavy atom. The van der Waals surface area contributed by atoms with Gasteiger partial charge < -0.3 is 9.47 Å². The largest absolute Gasteiger partial charge is 0.496 e. The van der Waals surface area contributed by atoms with Crippen LogP contribution in [0, 0.1) is 17.7 Å². The average molecular weight is 346 g/mol. The predicted octanol–water partition coefficient (Wildman–Crippen LogP) is 3.24. The van der Waals surface area contributed by atoms with E-state index in [1.54, 1.807) is 26.4 Å². The van der Waals surface area contributed by atoms with Crippen LogP contribution in [0.1, 0.15) is 31.2 Å². The van der Waals surface area contributed by atoms with E-state index in [1.165, 1.54) is 18.9 Å². The standard InChI is InChI=1S/C20H27FN2O2/c1-24-19-6-5-16(21)13-17(19)20(25-2)7-9-23(10-8-20)22-18-12-14-3-4-15(18)11-14/h3-6,13-15,18,22H,7-12H2,1-2H3/t14-,15-,18+/m0/s1. The van der Waals surface area contributed by atoms with Crippen LogP contribution in [0.2, 0.25) is 0 Å². The number of halogens is 1. The normalized spacial score (nSPS) is 30.8. The highest BCUT2D eigenvalue weighted by Crippen LogP contribution is 2.42. The molecule has 136 valence electrons. The van der Waals surface area contributed by atoms with Crippen molar-refractivity contribution in [3.8, 4) is 5.75 Å². The van der Waals surface area contributed by atoms with E-state index in [4.69, 9.17) is 9.47 Å². The first-order valence-corrected chi connectivity index (χ1v) is 9.22. The molecule has 25 heavy (non-hydrogen) atoms. The maximum Gasteiger partial charge on any atom is 0.125 e. The summed E-state index contributed by atoms with van der Waals surface area (Å²) in [4.78, 5) is 0. The Hall–Kier alpha value is -1.43. The Kier molecular flexibility index (Phi) is 4.56. The van der Waals surface area contributed by atoms with Crippen LogP contribution in [-0.2, 0) is 10.3 Å². The van der Waals surface area contributed by atoms with Gasteiger partial charge in [0.25, 0.3) is 0 Å². The lowest BCUT2D eigenvalue weighted by Crippen LogP contribution is -2.53. The first kappa shape index (κ1) is 17.0. The smallest absolute Gasteiger partial charge is 0.125 e. The van der Waals surface area contributed by atoms with Crippen LogP contribution >= 0.6 is 0 Å². The Labute approximate surface area is 149 Å². The molecular weight excluding hydrogens is 319 g/mol. The molecule has 4 nitrogen and oxygen atoms in total. The number of ether oxygens (including phenoxy) is 2. The Morgan fingerprint density at radius 3 is 2.56 bits per heavy atom.